The molecule has 3 N–H and O–H groups in total. The lowest BCUT2D eigenvalue weighted by Gasteiger charge is -2.23. The average Bonchev–Trinajstić information content (AvgIpc) is 2.91. The first-order chi connectivity index (χ1) is 9.08. The Morgan fingerprint density at radius 1 is 1.42 bits per heavy atom. The van der Waals surface area contributed by atoms with E-state index in [-0.39, 0.29) is 24.1 Å². The Morgan fingerprint density at radius 3 is 2.63 bits per heavy atom. The molecule has 0 aliphatic carbocycles. The maximum atomic E-state index is 11.7. The summed E-state index contributed by atoms with van der Waals surface area (Å²) >= 11 is 0. The van der Waals surface area contributed by atoms with Crippen LogP contribution in [0, 0.1) is 5.92 Å². The monoisotopic (exact) mass is 272 g/mol. The van der Waals surface area contributed by atoms with Crippen molar-refractivity contribution in [3.63, 3.8) is 0 Å². The fourth-order valence-electron chi connectivity index (χ4n) is 2.54. The summed E-state index contributed by atoms with van der Waals surface area (Å²) in [7, 11) is 0. The lowest BCUT2D eigenvalue weighted by atomic mass is 9.97. The van der Waals surface area contributed by atoms with Gasteiger partial charge in [0.05, 0.1) is 18.2 Å². The first-order valence-electron chi connectivity index (χ1n) is 7.42. The van der Waals surface area contributed by atoms with Crippen LogP contribution >= 0.6 is 0 Å². The minimum atomic E-state index is -0.473. The number of ether oxygens (including phenoxy) is 1. The Morgan fingerprint density at radius 2 is 2.11 bits per heavy atom. The number of aliphatic hydroxyl groups excluding tert-OH is 1. The smallest absolute Gasteiger partial charge is 0.315 e. The van der Waals surface area contributed by atoms with E-state index in [4.69, 9.17) is 4.74 Å². The van der Waals surface area contributed by atoms with Crippen molar-refractivity contribution in [3.05, 3.63) is 0 Å². The van der Waals surface area contributed by atoms with Gasteiger partial charge < -0.3 is 20.5 Å². The van der Waals surface area contributed by atoms with Gasteiger partial charge in [-0.2, -0.15) is 0 Å². The number of hydrogen-bond donors (Lipinski definition) is 3. The van der Waals surface area contributed by atoms with E-state index < -0.39 is 6.10 Å². The van der Waals surface area contributed by atoms with E-state index in [1.54, 1.807) is 0 Å². The van der Waals surface area contributed by atoms with Crippen LogP contribution in [0.5, 0.6) is 0 Å². The molecule has 3 unspecified atom stereocenters. The molecule has 0 aromatic rings. The Hall–Kier alpha value is -0.810. The Bertz CT molecular complexity index is 263. The molecule has 1 aliphatic rings. The van der Waals surface area contributed by atoms with E-state index >= 15 is 0 Å². The molecule has 1 rings (SSSR count). The second kappa shape index (κ2) is 8.38. The summed E-state index contributed by atoms with van der Waals surface area (Å²) in [6.07, 6.45) is 3.55. The van der Waals surface area contributed by atoms with Gasteiger partial charge in [-0.3, -0.25) is 0 Å². The van der Waals surface area contributed by atoms with Crippen LogP contribution in [0.1, 0.15) is 46.5 Å². The quantitative estimate of drug-likeness (QED) is 0.660. The highest BCUT2D eigenvalue weighted by Gasteiger charge is 2.24. The van der Waals surface area contributed by atoms with Crippen molar-refractivity contribution < 1.29 is 14.6 Å². The molecule has 0 saturated carbocycles. The third-order valence-electron chi connectivity index (χ3n) is 3.95. The molecule has 1 aliphatic heterocycles. The Labute approximate surface area is 116 Å². The van der Waals surface area contributed by atoms with Crippen molar-refractivity contribution >= 4 is 6.03 Å². The Balaban J connectivity index is 2.23. The average molecular weight is 272 g/mol. The number of aliphatic hydroxyl groups is 1. The predicted octanol–water partition coefficient (Wildman–Crippen LogP) is 1.65. The molecule has 1 fully saturated rings. The molecule has 3 atom stereocenters. The van der Waals surface area contributed by atoms with Gasteiger partial charge in [-0.1, -0.05) is 26.7 Å². The number of hydrogen-bond acceptors (Lipinski definition) is 3. The number of urea groups is 1. The first kappa shape index (κ1) is 16.2. The van der Waals surface area contributed by atoms with Gasteiger partial charge in [0.25, 0.3) is 0 Å². The summed E-state index contributed by atoms with van der Waals surface area (Å²) < 4.78 is 5.52. The molecule has 112 valence electrons. The molecule has 0 spiro atoms. The standard InChI is InChI=1S/C14H28N2O3/c1-4-11(5-2)12(17)9-15-14(18)16-10(3)13-7-6-8-19-13/h10-13,17H,4-9H2,1-3H3,(H2,15,16,18). The maximum absolute atomic E-state index is 11.7. The van der Waals surface area contributed by atoms with Crippen LogP contribution in [0.2, 0.25) is 0 Å². The van der Waals surface area contributed by atoms with Crippen LogP contribution < -0.4 is 10.6 Å². The molecular weight excluding hydrogens is 244 g/mol. The van der Waals surface area contributed by atoms with Crippen LogP contribution in [0.25, 0.3) is 0 Å². The summed E-state index contributed by atoms with van der Waals surface area (Å²) in [5.74, 6) is 0.246. The lowest BCUT2D eigenvalue weighted by molar-refractivity contribution is 0.0841. The van der Waals surface area contributed by atoms with E-state index in [0.717, 1.165) is 32.3 Å². The molecule has 0 aromatic carbocycles. The largest absolute Gasteiger partial charge is 0.391 e. The third kappa shape index (κ3) is 5.37. The molecule has 0 aromatic heterocycles. The van der Waals surface area contributed by atoms with Gasteiger partial charge in [0, 0.05) is 13.2 Å². The minimum Gasteiger partial charge on any atom is -0.391 e. The highest BCUT2D eigenvalue weighted by molar-refractivity contribution is 5.74. The van der Waals surface area contributed by atoms with Crippen LogP contribution in [0.4, 0.5) is 4.79 Å². The SMILES string of the molecule is CCC(CC)C(O)CNC(=O)NC(C)C1CCCO1. The van der Waals surface area contributed by atoms with E-state index in [0.29, 0.717) is 6.54 Å². The van der Waals surface area contributed by atoms with E-state index in [1.165, 1.54) is 0 Å². The van der Waals surface area contributed by atoms with Crippen LogP contribution in [0.15, 0.2) is 0 Å². The molecule has 5 nitrogen and oxygen atoms in total. The zero-order chi connectivity index (χ0) is 14.3. The lowest BCUT2D eigenvalue weighted by Crippen LogP contribution is -2.48. The number of carbonyl (C=O) groups excluding carboxylic acids is 1. The van der Waals surface area contributed by atoms with Crippen LogP contribution in [-0.4, -0.2) is 42.5 Å². The van der Waals surface area contributed by atoms with Crippen molar-refractivity contribution in [2.24, 2.45) is 5.92 Å². The van der Waals surface area contributed by atoms with Gasteiger partial charge in [-0.25, -0.2) is 4.79 Å². The van der Waals surface area contributed by atoms with E-state index in [1.807, 2.05) is 6.92 Å². The van der Waals surface area contributed by atoms with Crippen molar-refractivity contribution in [1.82, 2.24) is 10.6 Å². The zero-order valence-corrected chi connectivity index (χ0v) is 12.3. The number of carbonyl (C=O) groups is 1. The highest BCUT2D eigenvalue weighted by atomic mass is 16.5. The predicted molar refractivity (Wildman–Crippen MR) is 75.0 cm³/mol. The van der Waals surface area contributed by atoms with E-state index in [2.05, 4.69) is 24.5 Å². The van der Waals surface area contributed by atoms with Crippen molar-refractivity contribution in [2.75, 3.05) is 13.2 Å². The summed E-state index contributed by atoms with van der Waals surface area (Å²) in [6, 6.07) is -0.221. The first-order valence-corrected chi connectivity index (χ1v) is 7.42. The van der Waals surface area contributed by atoms with Gasteiger partial charge in [-0.05, 0) is 25.7 Å². The fraction of sp³-hybridized carbons (Fsp3) is 0.929. The number of nitrogens with one attached hydrogen (secondary N) is 2. The molecule has 5 heteroatoms. The second-order valence-corrected chi connectivity index (χ2v) is 5.34. The van der Waals surface area contributed by atoms with Gasteiger partial charge >= 0.3 is 6.03 Å². The number of rotatable bonds is 7. The highest BCUT2D eigenvalue weighted by Crippen LogP contribution is 2.15. The normalized spacial score (nSPS) is 22.3. The fourth-order valence-corrected chi connectivity index (χ4v) is 2.54. The molecule has 0 bridgehead atoms. The molecule has 1 saturated heterocycles. The summed E-state index contributed by atoms with van der Waals surface area (Å²) in [5, 5.41) is 15.5. The van der Waals surface area contributed by atoms with Gasteiger partial charge in [0.2, 0.25) is 0 Å². The topological polar surface area (TPSA) is 70.6 Å². The second-order valence-electron chi connectivity index (χ2n) is 5.34. The summed E-state index contributed by atoms with van der Waals surface area (Å²) in [4.78, 5) is 11.7. The van der Waals surface area contributed by atoms with Gasteiger partial charge in [0.1, 0.15) is 0 Å². The minimum absolute atomic E-state index is 0.00721. The maximum Gasteiger partial charge on any atom is 0.315 e. The summed E-state index contributed by atoms with van der Waals surface area (Å²) in [6.45, 7) is 7.14. The third-order valence-corrected chi connectivity index (χ3v) is 3.95. The molecule has 1 heterocycles. The molecule has 0 radical (unpaired) electrons. The van der Waals surface area contributed by atoms with Crippen LogP contribution in [-0.2, 0) is 4.74 Å². The Kier molecular flexibility index (Phi) is 7.16. The number of amides is 2. The van der Waals surface area contributed by atoms with Crippen LogP contribution in [0.3, 0.4) is 0 Å². The molecule has 19 heavy (non-hydrogen) atoms. The zero-order valence-electron chi connectivity index (χ0n) is 12.3. The molecule has 2 amide bonds. The van der Waals surface area contributed by atoms with Crippen molar-refractivity contribution in [1.29, 1.82) is 0 Å². The van der Waals surface area contributed by atoms with Gasteiger partial charge in [0.15, 0.2) is 0 Å². The molecular formula is C14H28N2O3. The van der Waals surface area contributed by atoms with Crippen molar-refractivity contribution in [3.8, 4) is 0 Å². The van der Waals surface area contributed by atoms with E-state index in [9.17, 15) is 9.90 Å². The summed E-state index contributed by atoms with van der Waals surface area (Å²) in [5.41, 5.74) is 0. The van der Waals surface area contributed by atoms with Gasteiger partial charge in [-0.15, -0.1) is 0 Å². The van der Waals surface area contributed by atoms with Crippen molar-refractivity contribution in [2.45, 2.75) is 64.7 Å².